The van der Waals surface area contributed by atoms with Gasteiger partial charge in [0.2, 0.25) is 0 Å². The van der Waals surface area contributed by atoms with Gasteiger partial charge in [0.25, 0.3) is 11.8 Å². The zero-order chi connectivity index (χ0) is 22.5. The zero-order valence-corrected chi connectivity index (χ0v) is 18.6. The van der Waals surface area contributed by atoms with Crippen LogP contribution >= 0.6 is 0 Å². The van der Waals surface area contributed by atoms with Crippen LogP contribution in [0.5, 0.6) is 0 Å². The Balaban J connectivity index is 1.43. The first-order valence-corrected chi connectivity index (χ1v) is 11.0. The maximum atomic E-state index is 13.3. The largest absolute Gasteiger partial charge is 0.333 e. The molecule has 4 rings (SSSR count). The standard InChI is InChI=1S/C27H29N3O2/c1-21-19-29(20-22-10-5-3-6-11-22)16-17-30(21)27(32)24-13-9-12-23(18-24)26(31)28(2)25-14-7-4-8-15-25/h3-15,18,21H,16-17,19-20H2,1-2H3/t21-/m1/s1. The lowest BCUT2D eigenvalue weighted by molar-refractivity contribution is 0.0475. The monoisotopic (exact) mass is 427 g/mol. The van der Waals surface area contributed by atoms with Gasteiger partial charge in [0.1, 0.15) is 0 Å². The second-order valence-electron chi connectivity index (χ2n) is 8.35. The van der Waals surface area contributed by atoms with Gasteiger partial charge in [-0.3, -0.25) is 14.5 Å². The number of benzene rings is 3. The fourth-order valence-electron chi connectivity index (χ4n) is 4.23. The summed E-state index contributed by atoms with van der Waals surface area (Å²) in [7, 11) is 1.75. The molecule has 0 N–H and O–H groups in total. The lowest BCUT2D eigenvalue weighted by Crippen LogP contribution is -2.53. The van der Waals surface area contributed by atoms with E-state index in [0.717, 1.165) is 25.3 Å². The van der Waals surface area contributed by atoms with Crippen LogP contribution in [0.25, 0.3) is 0 Å². The smallest absolute Gasteiger partial charge is 0.258 e. The predicted octanol–water partition coefficient (Wildman–Crippen LogP) is 4.31. The number of carbonyl (C=O) groups excluding carboxylic acids is 2. The van der Waals surface area contributed by atoms with Gasteiger partial charge in [0, 0.05) is 56.1 Å². The number of para-hydroxylation sites is 1. The van der Waals surface area contributed by atoms with Crippen LogP contribution in [0.1, 0.15) is 33.2 Å². The molecule has 32 heavy (non-hydrogen) atoms. The van der Waals surface area contributed by atoms with E-state index >= 15 is 0 Å². The molecule has 0 aliphatic carbocycles. The van der Waals surface area contributed by atoms with Crippen molar-refractivity contribution in [1.82, 2.24) is 9.80 Å². The molecule has 2 amide bonds. The molecule has 0 bridgehead atoms. The molecule has 1 aliphatic rings. The van der Waals surface area contributed by atoms with Crippen molar-refractivity contribution in [2.75, 3.05) is 31.6 Å². The fraction of sp³-hybridized carbons (Fsp3) is 0.259. The molecule has 3 aromatic carbocycles. The molecule has 0 spiro atoms. The maximum Gasteiger partial charge on any atom is 0.258 e. The first kappa shape index (κ1) is 21.8. The molecular weight excluding hydrogens is 398 g/mol. The molecule has 1 fully saturated rings. The molecule has 5 heteroatoms. The Morgan fingerprint density at radius 2 is 1.53 bits per heavy atom. The highest BCUT2D eigenvalue weighted by atomic mass is 16.2. The summed E-state index contributed by atoms with van der Waals surface area (Å²) < 4.78 is 0. The second-order valence-corrected chi connectivity index (χ2v) is 8.35. The molecule has 1 aliphatic heterocycles. The number of amides is 2. The summed E-state index contributed by atoms with van der Waals surface area (Å²) in [5.41, 5.74) is 3.17. The van der Waals surface area contributed by atoms with Crippen molar-refractivity contribution in [1.29, 1.82) is 0 Å². The minimum absolute atomic E-state index is 0.0196. The van der Waals surface area contributed by atoms with Crippen molar-refractivity contribution in [2.24, 2.45) is 0 Å². The minimum Gasteiger partial charge on any atom is -0.333 e. The highest BCUT2D eigenvalue weighted by Crippen LogP contribution is 2.19. The highest BCUT2D eigenvalue weighted by molar-refractivity contribution is 6.07. The normalized spacial score (nSPS) is 16.6. The number of anilines is 1. The van der Waals surface area contributed by atoms with E-state index in [-0.39, 0.29) is 17.9 Å². The van der Waals surface area contributed by atoms with Crippen molar-refractivity contribution >= 4 is 17.5 Å². The summed E-state index contributed by atoms with van der Waals surface area (Å²) in [5, 5.41) is 0. The van der Waals surface area contributed by atoms with Gasteiger partial charge in [-0.05, 0) is 42.8 Å². The number of carbonyl (C=O) groups is 2. The predicted molar refractivity (Wildman–Crippen MR) is 128 cm³/mol. The van der Waals surface area contributed by atoms with Crippen molar-refractivity contribution in [3.63, 3.8) is 0 Å². The molecular formula is C27H29N3O2. The molecule has 1 atom stereocenters. The summed E-state index contributed by atoms with van der Waals surface area (Å²) in [4.78, 5) is 32.2. The van der Waals surface area contributed by atoms with Gasteiger partial charge < -0.3 is 9.80 Å². The van der Waals surface area contributed by atoms with Gasteiger partial charge in [-0.25, -0.2) is 0 Å². The maximum absolute atomic E-state index is 13.3. The van der Waals surface area contributed by atoms with Crippen molar-refractivity contribution in [3.8, 4) is 0 Å². The molecule has 0 radical (unpaired) electrons. The summed E-state index contributed by atoms with van der Waals surface area (Å²) in [6.45, 7) is 5.32. The molecule has 0 unspecified atom stereocenters. The Morgan fingerprint density at radius 3 is 2.22 bits per heavy atom. The summed E-state index contributed by atoms with van der Waals surface area (Å²) >= 11 is 0. The number of hydrogen-bond donors (Lipinski definition) is 0. The van der Waals surface area contributed by atoms with E-state index in [2.05, 4.69) is 36.1 Å². The van der Waals surface area contributed by atoms with Crippen LogP contribution in [0.15, 0.2) is 84.9 Å². The first-order chi connectivity index (χ1) is 15.5. The third kappa shape index (κ3) is 4.89. The van der Waals surface area contributed by atoms with Crippen LogP contribution in [0, 0.1) is 0 Å². The average molecular weight is 428 g/mol. The topological polar surface area (TPSA) is 43.9 Å². The van der Waals surface area contributed by atoms with E-state index in [1.807, 2.05) is 41.3 Å². The van der Waals surface area contributed by atoms with E-state index in [0.29, 0.717) is 17.7 Å². The van der Waals surface area contributed by atoms with E-state index in [1.165, 1.54) is 5.56 Å². The number of piperazine rings is 1. The summed E-state index contributed by atoms with van der Waals surface area (Å²) in [6, 6.07) is 27.1. The first-order valence-electron chi connectivity index (χ1n) is 11.0. The van der Waals surface area contributed by atoms with E-state index in [4.69, 9.17) is 0 Å². The molecule has 5 nitrogen and oxygen atoms in total. The Bertz CT molecular complexity index is 1070. The lowest BCUT2D eigenvalue weighted by atomic mass is 10.1. The third-order valence-electron chi connectivity index (χ3n) is 6.03. The average Bonchev–Trinajstić information content (AvgIpc) is 2.84. The summed E-state index contributed by atoms with van der Waals surface area (Å²) in [5.74, 6) is -0.152. The van der Waals surface area contributed by atoms with Crippen molar-refractivity contribution in [2.45, 2.75) is 19.5 Å². The molecule has 0 saturated carbocycles. The fourth-order valence-corrected chi connectivity index (χ4v) is 4.23. The van der Waals surface area contributed by atoms with Crippen LogP contribution in [-0.2, 0) is 6.54 Å². The van der Waals surface area contributed by atoms with Crippen LogP contribution < -0.4 is 4.90 Å². The highest BCUT2D eigenvalue weighted by Gasteiger charge is 2.28. The van der Waals surface area contributed by atoms with Gasteiger partial charge in [0.15, 0.2) is 0 Å². The Hall–Kier alpha value is -3.44. The van der Waals surface area contributed by atoms with Crippen LogP contribution in [0.4, 0.5) is 5.69 Å². The van der Waals surface area contributed by atoms with E-state index in [9.17, 15) is 9.59 Å². The quantitative estimate of drug-likeness (QED) is 0.610. The minimum atomic E-state index is -0.133. The summed E-state index contributed by atoms with van der Waals surface area (Å²) in [6.07, 6.45) is 0. The molecule has 1 saturated heterocycles. The van der Waals surface area contributed by atoms with E-state index < -0.39 is 0 Å². The van der Waals surface area contributed by atoms with Crippen LogP contribution in [0.3, 0.4) is 0 Å². The van der Waals surface area contributed by atoms with Crippen LogP contribution in [0.2, 0.25) is 0 Å². The van der Waals surface area contributed by atoms with Crippen molar-refractivity contribution in [3.05, 3.63) is 102 Å². The van der Waals surface area contributed by atoms with Gasteiger partial charge in [-0.2, -0.15) is 0 Å². The van der Waals surface area contributed by atoms with Gasteiger partial charge in [0.05, 0.1) is 0 Å². The number of rotatable bonds is 5. The van der Waals surface area contributed by atoms with E-state index in [1.54, 1.807) is 36.2 Å². The number of hydrogen-bond acceptors (Lipinski definition) is 3. The molecule has 3 aromatic rings. The van der Waals surface area contributed by atoms with Gasteiger partial charge >= 0.3 is 0 Å². The molecule has 1 heterocycles. The van der Waals surface area contributed by atoms with Crippen molar-refractivity contribution < 1.29 is 9.59 Å². The molecule has 0 aromatic heterocycles. The van der Waals surface area contributed by atoms with Gasteiger partial charge in [-0.1, -0.05) is 54.6 Å². The van der Waals surface area contributed by atoms with Gasteiger partial charge in [-0.15, -0.1) is 0 Å². The molecule has 164 valence electrons. The Kier molecular flexibility index (Phi) is 6.66. The SMILES string of the molecule is C[C@@H]1CN(Cc2ccccc2)CCN1C(=O)c1cccc(C(=O)N(C)c2ccccc2)c1. The lowest BCUT2D eigenvalue weighted by Gasteiger charge is -2.40. The third-order valence-corrected chi connectivity index (χ3v) is 6.03. The Labute approximate surface area is 189 Å². The number of nitrogens with zero attached hydrogens (tertiary/aromatic N) is 3. The Morgan fingerprint density at radius 1 is 0.875 bits per heavy atom. The second kappa shape index (κ2) is 9.79. The zero-order valence-electron chi connectivity index (χ0n) is 18.6. The van der Waals surface area contributed by atoms with Crippen LogP contribution in [-0.4, -0.2) is 54.3 Å².